The fraction of sp³-hybridized carbons (Fsp3) is 0.529. The third-order valence-corrected chi connectivity index (χ3v) is 4.71. The first-order valence-electron chi connectivity index (χ1n) is 8.84. The van der Waals surface area contributed by atoms with E-state index in [4.69, 9.17) is 0 Å². The first-order chi connectivity index (χ1) is 13.1. The number of rotatable bonds is 6. The predicted molar refractivity (Wildman–Crippen MR) is 107 cm³/mol. The number of nitrogens with zero attached hydrogens (tertiary/aromatic N) is 4. The van der Waals surface area contributed by atoms with Gasteiger partial charge in [-0.1, -0.05) is 25.6 Å². The van der Waals surface area contributed by atoms with Crippen molar-refractivity contribution in [2.24, 2.45) is 13.0 Å². The van der Waals surface area contributed by atoms with Crippen LogP contribution in [0.15, 0.2) is 14.6 Å². The van der Waals surface area contributed by atoms with Gasteiger partial charge in [-0.2, -0.15) is 0 Å². The Labute approximate surface area is 165 Å². The number of aromatic nitrogens is 4. The van der Waals surface area contributed by atoms with E-state index in [0.717, 1.165) is 16.3 Å². The summed E-state index contributed by atoms with van der Waals surface area (Å²) in [7, 11) is 1.40. The number of carbonyl (C=O) groups excluding carboxylic acids is 2. The molecule has 0 aromatic carbocycles. The van der Waals surface area contributed by atoms with Crippen LogP contribution in [0, 0.1) is 12.8 Å². The van der Waals surface area contributed by atoms with E-state index in [2.05, 4.69) is 20.6 Å². The second-order valence-corrected chi connectivity index (χ2v) is 7.59. The molecule has 2 heterocycles. The number of hydrogen-bond acceptors (Lipinski definition) is 7. The van der Waals surface area contributed by atoms with Crippen LogP contribution < -0.4 is 21.9 Å². The monoisotopic (exact) mass is 408 g/mol. The minimum atomic E-state index is -0.585. The highest BCUT2D eigenvalue weighted by Crippen LogP contribution is 2.22. The Morgan fingerprint density at radius 3 is 2.50 bits per heavy atom. The number of urea groups is 1. The van der Waals surface area contributed by atoms with E-state index in [9.17, 15) is 19.2 Å². The van der Waals surface area contributed by atoms with Crippen molar-refractivity contribution in [2.45, 2.75) is 39.3 Å². The highest BCUT2D eigenvalue weighted by atomic mass is 32.2. The van der Waals surface area contributed by atoms with Gasteiger partial charge in [-0.3, -0.25) is 24.0 Å². The SMILES string of the molecule is CCNC(=O)NC(=O)CSc1nc(C)nc2c1c(=O)n(C)c(=O)n2CC(C)C. The molecule has 2 N–H and O–H groups in total. The van der Waals surface area contributed by atoms with Crippen molar-refractivity contribution in [2.75, 3.05) is 12.3 Å². The number of imide groups is 1. The fourth-order valence-corrected chi connectivity index (χ4v) is 3.44. The van der Waals surface area contributed by atoms with Crippen molar-refractivity contribution in [1.82, 2.24) is 29.7 Å². The van der Waals surface area contributed by atoms with Crippen LogP contribution in [0.25, 0.3) is 11.0 Å². The van der Waals surface area contributed by atoms with Gasteiger partial charge in [0.1, 0.15) is 16.2 Å². The lowest BCUT2D eigenvalue weighted by molar-refractivity contribution is -0.117. The lowest BCUT2D eigenvalue weighted by atomic mass is 10.2. The molecular weight excluding hydrogens is 384 g/mol. The first-order valence-corrected chi connectivity index (χ1v) is 9.82. The zero-order valence-corrected chi connectivity index (χ0v) is 17.3. The summed E-state index contributed by atoms with van der Waals surface area (Å²) in [5.74, 6) is -0.0978. The van der Waals surface area contributed by atoms with Crippen LogP contribution >= 0.6 is 11.8 Å². The lowest BCUT2D eigenvalue weighted by Gasteiger charge is -2.15. The van der Waals surface area contributed by atoms with Crippen LogP contribution in [0.5, 0.6) is 0 Å². The van der Waals surface area contributed by atoms with Gasteiger partial charge in [0.05, 0.1) is 5.75 Å². The van der Waals surface area contributed by atoms with Crippen LogP contribution in [0.2, 0.25) is 0 Å². The van der Waals surface area contributed by atoms with Crippen molar-refractivity contribution in [3.05, 3.63) is 26.7 Å². The molecule has 11 heteroatoms. The number of carbonyl (C=O) groups is 2. The van der Waals surface area contributed by atoms with Gasteiger partial charge in [0.2, 0.25) is 5.91 Å². The molecule has 0 saturated heterocycles. The summed E-state index contributed by atoms with van der Waals surface area (Å²) in [4.78, 5) is 57.3. The average molecular weight is 408 g/mol. The highest BCUT2D eigenvalue weighted by molar-refractivity contribution is 8.00. The molecule has 28 heavy (non-hydrogen) atoms. The Bertz CT molecular complexity index is 1030. The Kier molecular flexibility index (Phi) is 6.95. The molecule has 2 aromatic heterocycles. The molecule has 0 saturated carbocycles. The van der Waals surface area contributed by atoms with Gasteiger partial charge in [-0.25, -0.2) is 19.6 Å². The molecule has 0 atom stereocenters. The summed E-state index contributed by atoms with van der Waals surface area (Å²) >= 11 is 1.02. The van der Waals surface area contributed by atoms with E-state index < -0.39 is 23.2 Å². The van der Waals surface area contributed by atoms with Gasteiger partial charge in [0, 0.05) is 20.1 Å². The minimum Gasteiger partial charge on any atom is -0.338 e. The molecule has 10 nitrogen and oxygen atoms in total. The minimum absolute atomic E-state index is 0.116. The smallest absolute Gasteiger partial charge is 0.332 e. The molecule has 0 aliphatic heterocycles. The summed E-state index contributed by atoms with van der Waals surface area (Å²) in [6.45, 7) is 8.09. The summed E-state index contributed by atoms with van der Waals surface area (Å²) < 4.78 is 2.47. The van der Waals surface area contributed by atoms with Gasteiger partial charge in [0.25, 0.3) is 5.56 Å². The van der Waals surface area contributed by atoms with Crippen molar-refractivity contribution in [3.8, 4) is 0 Å². The maximum atomic E-state index is 12.7. The number of amides is 3. The highest BCUT2D eigenvalue weighted by Gasteiger charge is 2.19. The van der Waals surface area contributed by atoms with E-state index in [-0.39, 0.29) is 22.7 Å². The van der Waals surface area contributed by atoms with E-state index in [1.54, 1.807) is 13.8 Å². The molecular formula is C17H24N6O4S. The van der Waals surface area contributed by atoms with Crippen molar-refractivity contribution < 1.29 is 9.59 Å². The molecule has 0 fully saturated rings. The second kappa shape index (κ2) is 9.00. The lowest BCUT2D eigenvalue weighted by Crippen LogP contribution is -2.40. The topological polar surface area (TPSA) is 128 Å². The standard InChI is InChI=1S/C17H24N6O4S/c1-6-18-16(26)21-11(24)8-28-14-12-13(19-10(4)20-14)23(7-9(2)3)17(27)22(5)15(12)25/h9H,6-8H2,1-5H3,(H2,18,21,24,26). The molecule has 0 radical (unpaired) electrons. The van der Waals surface area contributed by atoms with E-state index >= 15 is 0 Å². The maximum absolute atomic E-state index is 12.7. The second-order valence-electron chi connectivity index (χ2n) is 6.62. The zero-order chi connectivity index (χ0) is 21.0. The quantitative estimate of drug-likeness (QED) is 0.523. The van der Waals surface area contributed by atoms with Crippen LogP contribution in [0.4, 0.5) is 4.79 Å². The molecule has 152 valence electrons. The first kappa shape index (κ1) is 21.6. The zero-order valence-electron chi connectivity index (χ0n) is 16.5. The third-order valence-electron chi connectivity index (χ3n) is 3.74. The number of hydrogen-bond donors (Lipinski definition) is 2. The number of nitrogens with one attached hydrogen (secondary N) is 2. The van der Waals surface area contributed by atoms with Crippen LogP contribution in [0.1, 0.15) is 26.6 Å². The van der Waals surface area contributed by atoms with Crippen molar-refractivity contribution >= 4 is 34.7 Å². The molecule has 0 spiro atoms. The molecule has 2 rings (SSSR count). The average Bonchev–Trinajstić information content (AvgIpc) is 2.61. The van der Waals surface area contributed by atoms with Crippen molar-refractivity contribution in [3.63, 3.8) is 0 Å². The van der Waals surface area contributed by atoms with Crippen LogP contribution in [-0.2, 0) is 18.4 Å². The van der Waals surface area contributed by atoms with E-state index in [1.807, 2.05) is 13.8 Å². The summed E-state index contributed by atoms with van der Waals surface area (Å²) in [6.07, 6.45) is 0. The van der Waals surface area contributed by atoms with Gasteiger partial charge >= 0.3 is 11.7 Å². The maximum Gasteiger partial charge on any atom is 0.332 e. The van der Waals surface area contributed by atoms with Gasteiger partial charge < -0.3 is 5.32 Å². The van der Waals surface area contributed by atoms with Gasteiger partial charge in [0.15, 0.2) is 5.65 Å². The Balaban J connectivity index is 2.48. The third kappa shape index (κ3) is 4.77. The summed E-state index contributed by atoms with van der Waals surface area (Å²) in [5, 5.41) is 5.14. The van der Waals surface area contributed by atoms with Crippen LogP contribution in [0.3, 0.4) is 0 Å². The van der Waals surface area contributed by atoms with Gasteiger partial charge in [-0.15, -0.1) is 0 Å². The van der Waals surface area contributed by atoms with E-state index in [0.29, 0.717) is 23.9 Å². The normalized spacial score (nSPS) is 11.1. The fourth-order valence-electron chi connectivity index (χ4n) is 2.58. The Morgan fingerprint density at radius 1 is 1.21 bits per heavy atom. The molecule has 0 unspecified atom stereocenters. The number of aryl methyl sites for hydroxylation is 1. The number of thioether (sulfide) groups is 1. The largest absolute Gasteiger partial charge is 0.338 e. The molecule has 0 aliphatic rings. The van der Waals surface area contributed by atoms with Gasteiger partial charge in [-0.05, 0) is 19.8 Å². The van der Waals surface area contributed by atoms with Crippen LogP contribution in [-0.4, -0.2) is 43.3 Å². The molecule has 2 aromatic rings. The molecule has 0 bridgehead atoms. The predicted octanol–water partition coefficient (Wildman–Crippen LogP) is 0.392. The Hall–Kier alpha value is -2.69. The van der Waals surface area contributed by atoms with E-state index in [1.165, 1.54) is 11.6 Å². The summed E-state index contributed by atoms with van der Waals surface area (Å²) in [6, 6.07) is -0.585. The Morgan fingerprint density at radius 2 is 1.89 bits per heavy atom. The molecule has 3 amide bonds. The number of fused-ring (bicyclic) bond motifs is 1. The van der Waals surface area contributed by atoms with Crippen molar-refractivity contribution in [1.29, 1.82) is 0 Å². The molecule has 0 aliphatic carbocycles. The summed E-state index contributed by atoms with van der Waals surface area (Å²) in [5.41, 5.74) is -0.721.